The van der Waals surface area contributed by atoms with Crippen molar-refractivity contribution in [1.82, 2.24) is 0 Å². The summed E-state index contributed by atoms with van der Waals surface area (Å²) in [5.74, 6) is -0.258. The van der Waals surface area contributed by atoms with E-state index in [2.05, 4.69) is 6.07 Å². The summed E-state index contributed by atoms with van der Waals surface area (Å²) in [5.41, 5.74) is 0.196. The molecule has 1 nitrogen and oxygen atoms in total. The minimum Gasteiger partial charge on any atom is -0.207 e. The summed E-state index contributed by atoms with van der Waals surface area (Å²) < 4.78 is 13.6. The molecule has 0 saturated heterocycles. The van der Waals surface area contributed by atoms with E-state index in [1.807, 2.05) is 0 Å². The van der Waals surface area contributed by atoms with Crippen molar-refractivity contribution in [3.8, 4) is 6.07 Å². The highest BCUT2D eigenvalue weighted by atomic mass is 35.5. The lowest BCUT2D eigenvalue weighted by molar-refractivity contribution is 0.399. The highest BCUT2D eigenvalue weighted by Gasteiger charge is 2.34. The summed E-state index contributed by atoms with van der Waals surface area (Å²) in [5, 5.41) is 9.76. The van der Waals surface area contributed by atoms with Gasteiger partial charge < -0.3 is 0 Å². The molecule has 0 aromatic heterocycles. The molecule has 1 aliphatic carbocycles. The molecule has 2 rings (SSSR count). The molecule has 1 fully saturated rings. The highest BCUT2D eigenvalue weighted by molar-refractivity contribution is 6.30. The third-order valence-electron chi connectivity index (χ3n) is 3.33. The molecule has 0 N–H and O–H groups in total. The second-order valence-corrected chi connectivity index (χ2v) is 4.95. The van der Waals surface area contributed by atoms with E-state index in [0.717, 1.165) is 25.7 Å². The largest absolute Gasteiger partial charge is 0.207 e. The van der Waals surface area contributed by atoms with Gasteiger partial charge in [-0.1, -0.05) is 24.4 Å². The normalized spacial score (nSPS) is 18.3. The summed E-state index contributed by atoms with van der Waals surface area (Å²) in [6.07, 6.45) is 4.35. The molecule has 84 valence electrons. The third kappa shape index (κ3) is 2.20. The van der Waals surface area contributed by atoms with E-state index in [1.54, 1.807) is 6.07 Å². The zero-order valence-corrected chi connectivity index (χ0v) is 9.73. The smallest absolute Gasteiger partial charge is 0.126 e. The Kier molecular flexibility index (Phi) is 3.16. The molecule has 1 aromatic carbocycles. The average Bonchev–Trinajstić information content (AvgIpc) is 2.73. The molecule has 16 heavy (non-hydrogen) atoms. The van der Waals surface area contributed by atoms with Crippen molar-refractivity contribution in [3.05, 3.63) is 34.6 Å². The van der Waals surface area contributed by atoms with Crippen LogP contribution < -0.4 is 0 Å². The molecule has 0 radical (unpaired) electrons. The van der Waals surface area contributed by atoms with Crippen LogP contribution in [-0.4, -0.2) is 0 Å². The molecule has 0 unspecified atom stereocenters. The first-order chi connectivity index (χ1) is 7.65. The number of benzene rings is 1. The molecule has 1 saturated carbocycles. The lowest BCUT2D eigenvalue weighted by atomic mass is 9.81. The van der Waals surface area contributed by atoms with E-state index in [1.165, 1.54) is 12.1 Å². The Bertz CT molecular complexity index is 430. The van der Waals surface area contributed by atoms with Crippen LogP contribution in [0.5, 0.6) is 0 Å². The quantitative estimate of drug-likeness (QED) is 0.760. The number of halogens is 2. The van der Waals surface area contributed by atoms with Crippen LogP contribution in [0.15, 0.2) is 18.2 Å². The van der Waals surface area contributed by atoms with E-state index in [4.69, 9.17) is 11.6 Å². The predicted octanol–water partition coefficient (Wildman–Crippen LogP) is 4.11. The minimum atomic E-state index is -0.370. The molecular formula is C13H13ClFN. The average molecular weight is 238 g/mol. The Labute approximate surface area is 99.8 Å². The second-order valence-electron chi connectivity index (χ2n) is 4.51. The number of hydrogen-bond acceptors (Lipinski definition) is 1. The molecule has 3 heteroatoms. The molecule has 1 aliphatic rings. The first-order valence-corrected chi connectivity index (χ1v) is 5.88. The number of nitrogens with zero attached hydrogens (tertiary/aromatic N) is 1. The van der Waals surface area contributed by atoms with E-state index in [-0.39, 0.29) is 11.2 Å². The Hall–Kier alpha value is -1.07. The Morgan fingerprint density at radius 2 is 2.06 bits per heavy atom. The minimum absolute atomic E-state index is 0.258. The Morgan fingerprint density at radius 3 is 2.69 bits per heavy atom. The molecular weight excluding hydrogens is 225 g/mol. The maximum absolute atomic E-state index is 13.6. The van der Waals surface area contributed by atoms with Gasteiger partial charge in [-0.15, -0.1) is 0 Å². The lowest BCUT2D eigenvalue weighted by Gasteiger charge is -2.20. The van der Waals surface area contributed by atoms with Crippen LogP contribution in [0.4, 0.5) is 4.39 Å². The van der Waals surface area contributed by atoms with Crippen LogP contribution >= 0.6 is 11.6 Å². The van der Waals surface area contributed by atoms with E-state index in [0.29, 0.717) is 17.0 Å². The van der Waals surface area contributed by atoms with Crippen molar-refractivity contribution < 1.29 is 4.39 Å². The van der Waals surface area contributed by atoms with Crippen molar-refractivity contribution in [2.75, 3.05) is 0 Å². The summed E-state index contributed by atoms with van der Waals surface area (Å²) in [6, 6.07) is 6.90. The van der Waals surface area contributed by atoms with Gasteiger partial charge in [0.2, 0.25) is 0 Å². The Balaban J connectivity index is 2.26. The van der Waals surface area contributed by atoms with Gasteiger partial charge in [0.25, 0.3) is 0 Å². The van der Waals surface area contributed by atoms with Crippen LogP contribution in [0.3, 0.4) is 0 Å². The van der Waals surface area contributed by atoms with Crippen LogP contribution in [-0.2, 0) is 6.42 Å². The predicted molar refractivity (Wildman–Crippen MR) is 61.6 cm³/mol. The van der Waals surface area contributed by atoms with E-state index < -0.39 is 0 Å². The topological polar surface area (TPSA) is 23.8 Å². The maximum atomic E-state index is 13.6. The summed E-state index contributed by atoms with van der Waals surface area (Å²) in [4.78, 5) is 0. The van der Waals surface area contributed by atoms with Gasteiger partial charge in [0.05, 0.1) is 11.5 Å². The highest BCUT2D eigenvalue weighted by Crippen LogP contribution is 2.40. The molecule has 0 heterocycles. The number of hydrogen-bond donors (Lipinski definition) is 0. The summed E-state index contributed by atoms with van der Waals surface area (Å²) >= 11 is 5.84. The van der Waals surface area contributed by atoms with Gasteiger partial charge in [-0.05, 0) is 43.0 Å². The van der Waals surface area contributed by atoms with Crippen LogP contribution in [0, 0.1) is 22.6 Å². The van der Waals surface area contributed by atoms with Crippen molar-refractivity contribution in [1.29, 1.82) is 5.26 Å². The fourth-order valence-corrected chi connectivity index (χ4v) is 2.62. The van der Waals surface area contributed by atoms with Gasteiger partial charge in [-0.3, -0.25) is 0 Å². The van der Waals surface area contributed by atoms with Crippen molar-refractivity contribution in [3.63, 3.8) is 0 Å². The number of nitriles is 1. The van der Waals surface area contributed by atoms with Gasteiger partial charge in [-0.2, -0.15) is 5.26 Å². The van der Waals surface area contributed by atoms with Crippen molar-refractivity contribution >= 4 is 11.6 Å². The second kappa shape index (κ2) is 4.43. The third-order valence-corrected chi connectivity index (χ3v) is 3.57. The molecule has 0 atom stereocenters. The van der Waals surface area contributed by atoms with Gasteiger partial charge >= 0.3 is 0 Å². The van der Waals surface area contributed by atoms with E-state index >= 15 is 0 Å². The fourth-order valence-electron chi connectivity index (χ4n) is 2.42. The first-order valence-electron chi connectivity index (χ1n) is 5.50. The number of rotatable bonds is 2. The van der Waals surface area contributed by atoms with Gasteiger partial charge in [0, 0.05) is 5.02 Å². The fraction of sp³-hybridized carbons (Fsp3) is 0.462. The van der Waals surface area contributed by atoms with Crippen LogP contribution in [0.1, 0.15) is 31.2 Å². The van der Waals surface area contributed by atoms with Gasteiger partial charge in [-0.25, -0.2) is 4.39 Å². The standard InChI is InChI=1S/C13H13ClFN/c14-11-3-4-12(15)10(7-11)8-13(9-16)5-1-2-6-13/h3-4,7H,1-2,5-6,8H2. The SMILES string of the molecule is N#CC1(Cc2cc(Cl)ccc2F)CCCC1. The summed E-state index contributed by atoms with van der Waals surface area (Å²) in [6.45, 7) is 0. The van der Waals surface area contributed by atoms with Gasteiger partial charge in [0.1, 0.15) is 5.82 Å². The molecule has 0 spiro atoms. The summed E-state index contributed by atoms with van der Waals surface area (Å²) in [7, 11) is 0. The Morgan fingerprint density at radius 1 is 1.38 bits per heavy atom. The molecule has 0 aliphatic heterocycles. The van der Waals surface area contributed by atoms with Crippen LogP contribution in [0.2, 0.25) is 5.02 Å². The maximum Gasteiger partial charge on any atom is 0.126 e. The van der Waals surface area contributed by atoms with Crippen LogP contribution in [0.25, 0.3) is 0 Å². The molecule has 0 amide bonds. The van der Waals surface area contributed by atoms with Gasteiger partial charge in [0.15, 0.2) is 0 Å². The lowest BCUT2D eigenvalue weighted by Crippen LogP contribution is -2.17. The monoisotopic (exact) mass is 237 g/mol. The van der Waals surface area contributed by atoms with Crippen molar-refractivity contribution in [2.24, 2.45) is 5.41 Å². The molecule has 0 bridgehead atoms. The zero-order valence-electron chi connectivity index (χ0n) is 8.97. The van der Waals surface area contributed by atoms with Crippen molar-refractivity contribution in [2.45, 2.75) is 32.1 Å². The van der Waals surface area contributed by atoms with E-state index in [9.17, 15) is 9.65 Å². The molecule has 1 aromatic rings. The zero-order chi connectivity index (χ0) is 11.6. The first kappa shape index (κ1) is 11.4.